The minimum Gasteiger partial charge on any atom is -0.481 e. The van der Waals surface area contributed by atoms with Crippen LogP contribution < -0.4 is 7.86 Å². The third-order valence-corrected chi connectivity index (χ3v) is 4.16. The minimum absolute atomic E-state index is 0.552. The van der Waals surface area contributed by atoms with E-state index in [1.54, 1.807) is 6.08 Å². The number of ether oxygens (including phenoxy) is 1. The fourth-order valence-corrected chi connectivity index (χ4v) is 2.88. The van der Waals surface area contributed by atoms with Gasteiger partial charge in [-0.05, 0) is 0 Å². The Morgan fingerprint density at radius 1 is 0.897 bits per heavy atom. The zero-order valence-electron chi connectivity index (χ0n) is 16.6. The smallest absolute Gasteiger partial charge is 0.300 e. The number of benzene rings is 2. The zero-order valence-corrected chi connectivity index (χ0v) is 20.5. The predicted molar refractivity (Wildman–Crippen MR) is 113 cm³/mol. The summed E-state index contributed by atoms with van der Waals surface area (Å²) >= 11 is 1.07. The van der Waals surface area contributed by atoms with Gasteiger partial charge in [0.05, 0.1) is 0 Å². The van der Waals surface area contributed by atoms with Crippen LogP contribution in [-0.2, 0) is 14.4 Å². The molecule has 0 bridgehead atoms. The van der Waals surface area contributed by atoms with Gasteiger partial charge in [-0.3, -0.25) is 14.4 Å². The van der Waals surface area contributed by atoms with Crippen LogP contribution in [0.15, 0.2) is 61.2 Å². The molecule has 2 aromatic carbocycles. The molecule has 0 aliphatic rings. The molecule has 7 nitrogen and oxygen atoms in total. The Morgan fingerprint density at radius 2 is 1.31 bits per heavy atom. The second kappa shape index (κ2) is 17.4. The molecule has 0 aromatic heterocycles. The van der Waals surface area contributed by atoms with Crippen molar-refractivity contribution in [2.75, 3.05) is 6.61 Å². The summed E-state index contributed by atoms with van der Waals surface area (Å²) in [5.41, 5.74) is 2.58. The average Bonchev–Trinajstić information content (AvgIpc) is 2.59. The van der Waals surface area contributed by atoms with Gasteiger partial charge < -0.3 is 15.3 Å². The van der Waals surface area contributed by atoms with Crippen LogP contribution in [-0.4, -0.2) is 65.6 Å². The van der Waals surface area contributed by atoms with Gasteiger partial charge >= 0.3 is 118 Å². The van der Waals surface area contributed by atoms with E-state index in [1.165, 1.54) is 14.2 Å². The van der Waals surface area contributed by atoms with Crippen LogP contribution in [0.25, 0.3) is 11.1 Å². The zero-order chi connectivity index (χ0) is 22.8. The van der Waals surface area contributed by atoms with Crippen molar-refractivity contribution in [3.8, 4) is 16.9 Å². The van der Waals surface area contributed by atoms with Crippen molar-refractivity contribution < 1.29 is 34.4 Å². The second-order valence-electron chi connectivity index (χ2n) is 5.23. The van der Waals surface area contributed by atoms with Crippen LogP contribution in [0, 0.1) is 0 Å². The van der Waals surface area contributed by atoms with Crippen molar-refractivity contribution in [1.29, 1.82) is 0 Å². The van der Waals surface area contributed by atoms with E-state index in [0.717, 1.165) is 52.3 Å². The van der Waals surface area contributed by atoms with E-state index in [-0.39, 0.29) is 0 Å². The largest absolute Gasteiger partial charge is 0.481 e. The monoisotopic (exact) mass is 597 g/mol. The Morgan fingerprint density at radius 3 is 1.69 bits per heavy atom. The summed E-state index contributed by atoms with van der Waals surface area (Å²) in [7, 11) is 0. The Balaban J connectivity index is 0. The van der Waals surface area contributed by atoms with Gasteiger partial charge in [-0.25, -0.2) is 0 Å². The topological polar surface area (TPSA) is 121 Å². The van der Waals surface area contributed by atoms with E-state index < -0.39 is 17.9 Å². The van der Waals surface area contributed by atoms with Crippen LogP contribution in [0.3, 0.4) is 0 Å². The summed E-state index contributed by atoms with van der Waals surface area (Å²) in [5, 5.41) is 22.2. The molecule has 0 amide bonds. The molecule has 0 saturated carbocycles. The third kappa shape index (κ3) is 19.9. The maximum atomic E-state index is 9.00. The van der Waals surface area contributed by atoms with Crippen molar-refractivity contribution >= 4 is 46.8 Å². The third-order valence-electron chi connectivity index (χ3n) is 2.46. The SMILES string of the molecule is C=CCOc1ccc(-c2cccc[c]2[Pb])cc1.CC(=O)O.CC(=O)O.CC(=O)O. The Hall–Kier alpha value is -2.69. The summed E-state index contributed by atoms with van der Waals surface area (Å²) < 4.78 is 6.89. The first-order chi connectivity index (χ1) is 13.5. The van der Waals surface area contributed by atoms with Gasteiger partial charge in [-0.15, -0.1) is 0 Å². The first-order valence-corrected chi connectivity index (χ1v) is 10.2. The van der Waals surface area contributed by atoms with Crippen LogP contribution in [0.5, 0.6) is 5.75 Å². The Kier molecular flexibility index (Phi) is 17.1. The molecule has 3 N–H and O–H groups in total. The van der Waals surface area contributed by atoms with E-state index in [0.29, 0.717) is 6.61 Å². The summed E-state index contributed by atoms with van der Waals surface area (Å²) in [5.74, 6) is -1.61. The molecule has 3 radical (unpaired) electrons. The van der Waals surface area contributed by atoms with Gasteiger partial charge in [-0.1, -0.05) is 0 Å². The van der Waals surface area contributed by atoms with E-state index in [1.807, 2.05) is 12.1 Å². The van der Waals surface area contributed by atoms with Crippen LogP contribution in [0.2, 0.25) is 0 Å². The van der Waals surface area contributed by atoms with Gasteiger partial charge in [0.25, 0.3) is 17.9 Å². The van der Waals surface area contributed by atoms with Crippen molar-refractivity contribution in [3.05, 3.63) is 61.2 Å². The molecule has 8 heteroatoms. The molecule has 0 saturated heterocycles. The molecule has 0 heterocycles. The number of hydrogen-bond donors (Lipinski definition) is 3. The average molecular weight is 597 g/mol. The molecule has 0 aliphatic heterocycles. The van der Waals surface area contributed by atoms with Crippen molar-refractivity contribution in [2.45, 2.75) is 20.8 Å². The first kappa shape index (κ1) is 28.5. The van der Waals surface area contributed by atoms with Crippen molar-refractivity contribution in [3.63, 3.8) is 0 Å². The molecular weight excluding hydrogens is 571 g/mol. The van der Waals surface area contributed by atoms with Gasteiger partial charge in [0, 0.05) is 20.8 Å². The predicted octanol–water partition coefficient (Wildman–Crippen LogP) is 2.98. The number of rotatable bonds is 4. The fourth-order valence-electron chi connectivity index (χ4n) is 1.62. The van der Waals surface area contributed by atoms with Crippen molar-refractivity contribution in [1.82, 2.24) is 0 Å². The van der Waals surface area contributed by atoms with E-state index in [9.17, 15) is 0 Å². The molecule has 2 aromatic rings. The number of aliphatic carboxylic acids is 3. The van der Waals surface area contributed by atoms with Crippen LogP contribution in [0.4, 0.5) is 0 Å². The number of carbonyl (C=O) groups is 3. The molecule has 0 unspecified atom stereocenters. The molecule has 155 valence electrons. The number of carboxylic acids is 3. The maximum Gasteiger partial charge on any atom is 0.300 e. The molecule has 0 spiro atoms. The van der Waals surface area contributed by atoms with Gasteiger partial charge in [0.2, 0.25) is 0 Å². The number of carboxylic acid groups (broad SMARTS) is 3. The summed E-state index contributed by atoms with van der Waals surface area (Å²) in [6, 6.07) is 16.8. The fraction of sp³-hybridized carbons (Fsp3) is 0.190. The Bertz CT molecular complexity index is 730. The first-order valence-electron chi connectivity index (χ1n) is 8.24. The van der Waals surface area contributed by atoms with E-state index >= 15 is 0 Å². The normalized spacial score (nSPS) is 8.41. The van der Waals surface area contributed by atoms with Crippen molar-refractivity contribution in [2.24, 2.45) is 0 Å². The standard InChI is InChI=1S/C15H13O.3C2H4O2.Pb/c1-2-12-16-15-10-8-14(9-11-15)13-6-4-3-5-7-13;3*1-2(3)4;/h2-6,8-11H,1,12H2;3*1H3,(H,3,4);. The van der Waals surface area contributed by atoms with Gasteiger partial charge in [-0.2, -0.15) is 0 Å². The minimum atomic E-state index is -0.833. The van der Waals surface area contributed by atoms with Gasteiger partial charge in [0.1, 0.15) is 0 Å². The number of hydrogen-bond acceptors (Lipinski definition) is 4. The molecular formula is C21H25O7Pb. The molecule has 0 fully saturated rings. The maximum absolute atomic E-state index is 9.00. The quantitative estimate of drug-likeness (QED) is 0.367. The second-order valence-corrected chi connectivity index (χ2v) is 7.32. The summed E-state index contributed by atoms with van der Waals surface area (Å²) in [4.78, 5) is 27.0. The molecule has 0 atom stereocenters. The van der Waals surface area contributed by atoms with Crippen LogP contribution in [0.1, 0.15) is 20.8 Å². The van der Waals surface area contributed by atoms with E-state index in [2.05, 4.69) is 43.0 Å². The van der Waals surface area contributed by atoms with Gasteiger partial charge in [0.15, 0.2) is 0 Å². The molecule has 29 heavy (non-hydrogen) atoms. The molecule has 2 rings (SSSR count). The van der Waals surface area contributed by atoms with Crippen LogP contribution >= 0.6 is 0 Å². The summed E-state index contributed by atoms with van der Waals surface area (Å²) in [6.45, 7) is 7.43. The van der Waals surface area contributed by atoms with E-state index in [4.69, 9.17) is 34.4 Å². The summed E-state index contributed by atoms with van der Waals surface area (Å²) in [6.07, 6.45) is 1.75. The Labute approximate surface area is 186 Å². The molecule has 0 aliphatic carbocycles.